The lowest BCUT2D eigenvalue weighted by Crippen LogP contribution is -2.22. The Morgan fingerprint density at radius 1 is 1.17 bits per heavy atom. The van der Waals surface area contributed by atoms with Crippen LogP contribution in [0.25, 0.3) is 16.8 Å². The number of fused-ring (bicyclic) bond motifs is 1. The van der Waals surface area contributed by atoms with Crippen LogP contribution in [0.2, 0.25) is 0 Å². The van der Waals surface area contributed by atoms with Gasteiger partial charge in [0.2, 0.25) is 5.95 Å². The minimum atomic E-state index is -4.15. The van der Waals surface area contributed by atoms with Gasteiger partial charge in [0.15, 0.2) is 0 Å². The molecule has 0 fully saturated rings. The van der Waals surface area contributed by atoms with E-state index >= 15 is 0 Å². The van der Waals surface area contributed by atoms with E-state index in [1.165, 1.54) is 4.63 Å². The number of hydrogen-bond donors (Lipinski definition) is 0. The Hall–Kier alpha value is -2.71. The van der Waals surface area contributed by atoms with Gasteiger partial charge in [-0.1, -0.05) is 0 Å². The van der Waals surface area contributed by atoms with Crippen LogP contribution in [-0.4, -0.2) is 44.6 Å². The molecule has 0 amide bonds. The lowest BCUT2D eigenvalue weighted by atomic mass is 10.2. The van der Waals surface area contributed by atoms with Crippen LogP contribution >= 0.6 is 0 Å². The summed E-state index contributed by atoms with van der Waals surface area (Å²) in [6.07, 6.45) is -0.113. The van der Waals surface area contributed by atoms with Crippen molar-refractivity contribution in [3.05, 3.63) is 36.8 Å². The normalized spacial score (nSPS) is 11.8. The number of halogens is 3. The molecule has 0 N–H and O–H groups in total. The van der Waals surface area contributed by atoms with Gasteiger partial charge in [-0.3, -0.25) is 0 Å². The number of aromatic nitrogens is 5. The quantitative estimate of drug-likeness (QED) is 0.717. The molecule has 24 heavy (non-hydrogen) atoms. The fourth-order valence-electron chi connectivity index (χ4n) is 2.33. The van der Waals surface area contributed by atoms with Gasteiger partial charge in [0.1, 0.15) is 0 Å². The first-order chi connectivity index (χ1) is 11.4. The Kier molecular flexibility index (Phi) is 4.32. The molecule has 3 aromatic heterocycles. The van der Waals surface area contributed by atoms with E-state index < -0.39 is 12.6 Å². The van der Waals surface area contributed by atoms with Crippen molar-refractivity contribution in [1.82, 2.24) is 24.8 Å². The summed E-state index contributed by atoms with van der Waals surface area (Å²) in [5, 5.41) is 8.25. The van der Waals surface area contributed by atoms with E-state index in [9.17, 15) is 13.2 Å². The summed E-state index contributed by atoms with van der Waals surface area (Å²) in [4.78, 5) is 10.2. The summed E-state index contributed by atoms with van der Waals surface area (Å²) in [5.74, 6) is 0.373. The summed E-state index contributed by atoms with van der Waals surface area (Å²) < 4.78 is 38.2. The topological polar surface area (TPSA) is 59.2 Å². The molecule has 9 heteroatoms. The Morgan fingerprint density at radius 2 is 2.00 bits per heavy atom. The second-order valence-electron chi connectivity index (χ2n) is 5.34. The molecule has 0 saturated heterocycles. The van der Waals surface area contributed by atoms with E-state index in [0.717, 1.165) is 11.1 Å². The zero-order valence-electron chi connectivity index (χ0n) is 12.9. The highest BCUT2D eigenvalue weighted by molar-refractivity contribution is 5.77. The molecular weight excluding hydrogens is 321 g/mol. The number of alkyl halides is 3. The molecule has 3 aromatic rings. The molecular formula is C15H15F3N6. The van der Waals surface area contributed by atoms with Gasteiger partial charge in [0.05, 0.1) is 17.4 Å². The second kappa shape index (κ2) is 6.42. The van der Waals surface area contributed by atoms with Crippen LogP contribution in [-0.2, 0) is 0 Å². The Morgan fingerprint density at radius 3 is 2.79 bits per heavy atom. The van der Waals surface area contributed by atoms with Gasteiger partial charge in [0, 0.05) is 38.0 Å². The van der Waals surface area contributed by atoms with Crippen LogP contribution in [0.3, 0.4) is 0 Å². The molecule has 0 radical (unpaired) electrons. The summed E-state index contributed by atoms with van der Waals surface area (Å²) in [6.45, 7) is 0.222. The fraction of sp³-hybridized carbons (Fsp3) is 0.333. The van der Waals surface area contributed by atoms with Crippen molar-refractivity contribution in [3.63, 3.8) is 0 Å². The third-order valence-electron chi connectivity index (χ3n) is 3.52. The first-order valence-corrected chi connectivity index (χ1v) is 7.34. The molecule has 0 aliphatic carbocycles. The van der Waals surface area contributed by atoms with Crippen LogP contribution in [0.5, 0.6) is 0 Å². The van der Waals surface area contributed by atoms with Gasteiger partial charge in [-0.05, 0) is 24.6 Å². The van der Waals surface area contributed by atoms with Crippen LogP contribution < -0.4 is 4.90 Å². The van der Waals surface area contributed by atoms with Crippen LogP contribution in [0.4, 0.5) is 19.1 Å². The maximum Gasteiger partial charge on any atom is 0.389 e. The number of hydrogen-bond acceptors (Lipinski definition) is 5. The molecule has 0 unspecified atom stereocenters. The molecule has 3 heterocycles. The zero-order valence-corrected chi connectivity index (χ0v) is 12.9. The van der Waals surface area contributed by atoms with Gasteiger partial charge >= 0.3 is 6.18 Å². The highest BCUT2D eigenvalue weighted by atomic mass is 19.4. The van der Waals surface area contributed by atoms with Crippen molar-refractivity contribution < 1.29 is 13.2 Å². The van der Waals surface area contributed by atoms with Crippen LogP contribution in [0, 0.1) is 0 Å². The summed E-state index contributed by atoms with van der Waals surface area (Å²) in [6, 6.07) is 5.40. The Balaban J connectivity index is 1.79. The van der Waals surface area contributed by atoms with Gasteiger partial charge in [-0.2, -0.15) is 28.0 Å². The van der Waals surface area contributed by atoms with E-state index in [4.69, 9.17) is 0 Å². The number of rotatable bonds is 5. The van der Waals surface area contributed by atoms with Crippen LogP contribution in [0.1, 0.15) is 12.8 Å². The molecule has 0 aliphatic heterocycles. The van der Waals surface area contributed by atoms with E-state index in [0.29, 0.717) is 11.6 Å². The molecule has 0 aromatic carbocycles. The Labute approximate surface area is 136 Å². The highest BCUT2D eigenvalue weighted by Gasteiger charge is 2.26. The largest absolute Gasteiger partial charge is 0.389 e. The van der Waals surface area contributed by atoms with Crippen molar-refractivity contribution >= 4 is 11.5 Å². The fourth-order valence-corrected chi connectivity index (χ4v) is 2.33. The van der Waals surface area contributed by atoms with Gasteiger partial charge in [-0.15, -0.1) is 0 Å². The van der Waals surface area contributed by atoms with Gasteiger partial charge in [0.25, 0.3) is 0 Å². The molecule has 0 bridgehead atoms. The van der Waals surface area contributed by atoms with E-state index in [1.54, 1.807) is 42.7 Å². The maximum atomic E-state index is 12.2. The van der Waals surface area contributed by atoms with Crippen molar-refractivity contribution in [2.75, 3.05) is 18.5 Å². The van der Waals surface area contributed by atoms with Crippen LogP contribution in [0.15, 0.2) is 36.8 Å². The predicted molar refractivity (Wildman–Crippen MR) is 82.6 cm³/mol. The average molecular weight is 336 g/mol. The monoisotopic (exact) mass is 336 g/mol. The standard InChI is InChI=1S/C15H15F3N6/c1-23(9-3-6-15(16,17)18)14-19-8-5-12(22-14)11-10-21-24-13(11)4-2-7-20-24/h2,4-5,7-8,10H,3,6,9H2,1H3. The smallest absolute Gasteiger partial charge is 0.344 e. The van der Waals surface area contributed by atoms with E-state index in [2.05, 4.69) is 20.2 Å². The molecule has 0 spiro atoms. The van der Waals surface area contributed by atoms with E-state index in [1.807, 2.05) is 6.07 Å². The SMILES string of the molecule is CN(CCCC(F)(F)F)c1nccc(-c2cnn3ncccc23)n1. The second-order valence-corrected chi connectivity index (χ2v) is 5.34. The molecule has 6 nitrogen and oxygen atoms in total. The molecule has 0 atom stereocenters. The van der Waals surface area contributed by atoms with Gasteiger partial charge in [-0.25, -0.2) is 9.97 Å². The van der Waals surface area contributed by atoms with Crippen molar-refractivity contribution in [1.29, 1.82) is 0 Å². The molecule has 126 valence electrons. The van der Waals surface area contributed by atoms with Crippen molar-refractivity contribution in [2.45, 2.75) is 19.0 Å². The van der Waals surface area contributed by atoms with Crippen molar-refractivity contribution in [2.24, 2.45) is 0 Å². The van der Waals surface area contributed by atoms with Crippen molar-refractivity contribution in [3.8, 4) is 11.3 Å². The average Bonchev–Trinajstić information content (AvgIpc) is 2.98. The highest BCUT2D eigenvalue weighted by Crippen LogP contribution is 2.24. The lowest BCUT2D eigenvalue weighted by molar-refractivity contribution is -0.135. The zero-order chi connectivity index (χ0) is 17.2. The summed E-state index contributed by atoms with van der Waals surface area (Å²) >= 11 is 0. The first-order valence-electron chi connectivity index (χ1n) is 7.34. The summed E-state index contributed by atoms with van der Waals surface area (Å²) in [7, 11) is 1.67. The molecule has 3 rings (SSSR count). The third-order valence-corrected chi connectivity index (χ3v) is 3.52. The predicted octanol–water partition coefficient (Wildman–Crippen LogP) is 2.97. The Bertz CT molecular complexity index is 829. The minimum absolute atomic E-state index is 0.00573. The summed E-state index contributed by atoms with van der Waals surface area (Å²) in [5.41, 5.74) is 2.22. The minimum Gasteiger partial charge on any atom is -0.344 e. The molecule has 0 saturated carbocycles. The maximum absolute atomic E-state index is 12.2. The van der Waals surface area contributed by atoms with E-state index in [-0.39, 0.29) is 13.0 Å². The third kappa shape index (κ3) is 3.61. The van der Waals surface area contributed by atoms with Gasteiger partial charge < -0.3 is 4.90 Å². The number of anilines is 1. The lowest BCUT2D eigenvalue weighted by Gasteiger charge is -2.17. The molecule has 0 aliphatic rings. The first kappa shape index (κ1) is 16.2. The number of nitrogens with zero attached hydrogens (tertiary/aromatic N) is 6.